The molecule has 1 N–H and O–H groups in total. The monoisotopic (exact) mass is 534 g/mol. The lowest BCUT2D eigenvalue weighted by atomic mass is 9.94. The lowest BCUT2D eigenvalue weighted by molar-refractivity contribution is -0.138. The van der Waals surface area contributed by atoms with E-state index in [0.717, 1.165) is 60.1 Å². The molecule has 6 rings (SSSR count). The van der Waals surface area contributed by atoms with E-state index < -0.39 is 16.8 Å². The first-order chi connectivity index (χ1) is 18.4. The van der Waals surface area contributed by atoms with Crippen molar-refractivity contribution < 1.29 is 28.0 Å². The third kappa shape index (κ3) is 5.35. The van der Waals surface area contributed by atoms with Crippen LogP contribution in [0.25, 0.3) is 11.1 Å². The van der Waals surface area contributed by atoms with Crippen molar-refractivity contribution in [1.82, 2.24) is 0 Å². The van der Waals surface area contributed by atoms with E-state index in [1.165, 1.54) is 5.56 Å². The van der Waals surface area contributed by atoms with E-state index in [2.05, 4.69) is 12.1 Å². The molecular formula is C31H31FO5S. The third-order valence-corrected chi connectivity index (χ3v) is 9.36. The van der Waals surface area contributed by atoms with Gasteiger partial charge in [0, 0.05) is 27.9 Å². The number of fused-ring (bicyclic) bond motifs is 3. The van der Waals surface area contributed by atoms with Gasteiger partial charge >= 0.3 is 5.97 Å². The molecule has 1 saturated heterocycles. The van der Waals surface area contributed by atoms with Gasteiger partial charge in [0.1, 0.15) is 30.0 Å². The minimum Gasteiger partial charge on any atom is -0.490 e. The molecule has 0 radical (unpaired) electrons. The first-order valence-corrected chi connectivity index (χ1v) is 14.8. The highest BCUT2D eigenvalue weighted by Crippen LogP contribution is 2.47. The van der Waals surface area contributed by atoms with E-state index in [9.17, 15) is 9.00 Å². The number of carboxylic acids is 1. The van der Waals surface area contributed by atoms with Gasteiger partial charge in [-0.2, -0.15) is 0 Å². The molecule has 0 aromatic heterocycles. The first kappa shape index (κ1) is 25.1. The van der Waals surface area contributed by atoms with E-state index in [0.29, 0.717) is 29.2 Å². The summed E-state index contributed by atoms with van der Waals surface area (Å²) in [4.78, 5) is 11.1. The zero-order valence-corrected chi connectivity index (χ0v) is 22.0. The molecular weight excluding hydrogens is 503 g/mol. The van der Waals surface area contributed by atoms with Crippen LogP contribution in [0.1, 0.15) is 53.9 Å². The summed E-state index contributed by atoms with van der Waals surface area (Å²) in [5.41, 5.74) is 5.87. The average Bonchev–Trinajstić information content (AvgIpc) is 3.73. The molecule has 1 heterocycles. The van der Waals surface area contributed by atoms with Crippen molar-refractivity contribution in [3.05, 3.63) is 82.7 Å². The molecule has 2 fully saturated rings. The average molecular weight is 535 g/mol. The highest BCUT2D eigenvalue weighted by Gasteiger charge is 2.44. The van der Waals surface area contributed by atoms with Gasteiger partial charge in [-0.1, -0.05) is 18.2 Å². The summed E-state index contributed by atoms with van der Waals surface area (Å²) in [6.07, 6.45) is 5.08. The Labute approximate surface area is 224 Å². The second-order valence-corrected chi connectivity index (χ2v) is 12.3. The summed E-state index contributed by atoms with van der Waals surface area (Å²) in [7, 11) is -0.710. The number of halogens is 1. The van der Waals surface area contributed by atoms with Crippen LogP contribution in [0.15, 0.2) is 54.6 Å². The SMILES string of the molecule is O=C(O)C1C[C@@H]1c1ccc(OCc2cc3c(cc2F)CCCc2cc(OC4CCS(=O)CC4)ccc2-3)cc1. The molecule has 0 spiro atoms. The topological polar surface area (TPSA) is 72.8 Å². The van der Waals surface area contributed by atoms with Gasteiger partial charge in [-0.25, -0.2) is 4.39 Å². The molecule has 1 unspecified atom stereocenters. The van der Waals surface area contributed by atoms with Crippen molar-refractivity contribution >= 4 is 16.8 Å². The molecule has 2 aliphatic carbocycles. The largest absolute Gasteiger partial charge is 0.490 e. The first-order valence-electron chi connectivity index (χ1n) is 13.4. The fraction of sp³-hybridized carbons (Fsp3) is 0.387. The Morgan fingerprint density at radius 1 is 0.947 bits per heavy atom. The molecule has 1 saturated carbocycles. The minimum absolute atomic E-state index is 0.0720. The fourth-order valence-electron chi connectivity index (χ4n) is 5.70. The Morgan fingerprint density at radius 2 is 1.66 bits per heavy atom. The smallest absolute Gasteiger partial charge is 0.307 e. The lowest BCUT2D eigenvalue weighted by Gasteiger charge is -2.23. The predicted molar refractivity (Wildman–Crippen MR) is 145 cm³/mol. The number of carbonyl (C=O) groups is 1. The second-order valence-electron chi connectivity index (χ2n) is 10.6. The molecule has 0 bridgehead atoms. The van der Waals surface area contributed by atoms with Crippen LogP contribution in [-0.4, -0.2) is 32.9 Å². The molecule has 0 amide bonds. The van der Waals surface area contributed by atoms with Crippen molar-refractivity contribution in [2.45, 2.75) is 57.2 Å². The van der Waals surface area contributed by atoms with Gasteiger partial charge in [0.15, 0.2) is 0 Å². The summed E-state index contributed by atoms with van der Waals surface area (Å²) < 4.78 is 38.9. The van der Waals surface area contributed by atoms with Crippen molar-refractivity contribution in [1.29, 1.82) is 0 Å². The van der Waals surface area contributed by atoms with Crippen molar-refractivity contribution in [2.24, 2.45) is 5.92 Å². The number of hydrogen-bond donors (Lipinski definition) is 1. The standard InChI is InChI=1S/C31H31FO5S/c32-30-16-21-3-1-2-20-14-25(37-24-10-12-38(35)13-11-24)8-9-26(20)27(21)15-22(30)18-36-23-6-4-19(5-7-23)28-17-29(28)31(33)34/h4-9,14-16,24,28-29H,1-3,10-13,17-18H2,(H,33,34)/t24?,28-,29?,38?/m1/s1. The lowest BCUT2D eigenvalue weighted by Crippen LogP contribution is -2.27. The van der Waals surface area contributed by atoms with Crippen molar-refractivity contribution in [3.63, 3.8) is 0 Å². The summed E-state index contributed by atoms with van der Waals surface area (Å²) in [5, 5.41) is 9.15. The molecule has 3 aromatic carbocycles. The van der Waals surface area contributed by atoms with Crippen LogP contribution in [0, 0.1) is 11.7 Å². The number of aliphatic carboxylic acids is 1. The molecule has 3 aliphatic rings. The molecule has 1 aliphatic heterocycles. The maximum Gasteiger partial charge on any atom is 0.307 e. The van der Waals surface area contributed by atoms with Gasteiger partial charge in [0.2, 0.25) is 0 Å². The fourth-order valence-corrected chi connectivity index (χ4v) is 6.96. The van der Waals surface area contributed by atoms with Gasteiger partial charge < -0.3 is 14.6 Å². The maximum absolute atomic E-state index is 15.1. The zero-order chi connectivity index (χ0) is 26.2. The van der Waals surface area contributed by atoms with Crippen LogP contribution in [0.2, 0.25) is 0 Å². The molecule has 38 heavy (non-hydrogen) atoms. The van der Waals surface area contributed by atoms with E-state index >= 15 is 4.39 Å². The highest BCUT2D eigenvalue weighted by atomic mass is 32.2. The summed E-state index contributed by atoms with van der Waals surface area (Å²) >= 11 is 0. The predicted octanol–water partition coefficient (Wildman–Crippen LogP) is 6.04. The number of aryl methyl sites for hydroxylation is 2. The van der Waals surface area contributed by atoms with E-state index in [4.69, 9.17) is 14.6 Å². The van der Waals surface area contributed by atoms with E-state index in [1.54, 1.807) is 6.07 Å². The number of carboxylic acid groups (broad SMARTS) is 1. The van der Waals surface area contributed by atoms with E-state index in [-0.39, 0.29) is 30.4 Å². The molecule has 7 heteroatoms. The number of rotatable bonds is 7. The molecule has 2 atom stereocenters. The highest BCUT2D eigenvalue weighted by molar-refractivity contribution is 7.85. The van der Waals surface area contributed by atoms with Gasteiger partial charge in [-0.15, -0.1) is 0 Å². The molecule has 198 valence electrons. The quantitative estimate of drug-likeness (QED) is 0.400. The van der Waals surface area contributed by atoms with Crippen LogP contribution in [0.5, 0.6) is 11.5 Å². The summed E-state index contributed by atoms with van der Waals surface area (Å²) in [6, 6.07) is 17.2. The van der Waals surface area contributed by atoms with Gasteiger partial charge in [-0.3, -0.25) is 9.00 Å². The summed E-state index contributed by atoms with van der Waals surface area (Å²) in [6.45, 7) is 0.110. The van der Waals surface area contributed by atoms with Crippen molar-refractivity contribution in [3.8, 4) is 22.6 Å². The minimum atomic E-state index is -0.748. The number of benzene rings is 3. The van der Waals surface area contributed by atoms with Gasteiger partial charge in [0.05, 0.1) is 5.92 Å². The third-order valence-electron chi connectivity index (χ3n) is 7.98. The Morgan fingerprint density at radius 3 is 2.37 bits per heavy atom. The van der Waals surface area contributed by atoms with Crippen LogP contribution < -0.4 is 9.47 Å². The Hall–Kier alpha value is -3.19. The maximum atomic E-state index is 15.1. The normalized spacial score (nSPS) is 24.0. The molecule has 5 nitrogen and oxygen atoms in total. The van der Waals surface area contributed by atoms with Gasteiger partial charge in [0.25, 0.3) is 0 Å². The van der Waals surface area contributed by atoms with Crippen molar-refractivity contribution in [2.75, 3.05) is 11.5 Å². The van der Waals surface area contributed by atoms with Crippen LogP contribution >= 0.6 is 0 Å². The van der Waals surface area contributed by atoms with Crippen LogP contribution in [0.4, 0.5) is 4.39 Å². The Kier molecular flexibility index (Phi) is 6.95. The van der Waals surface area contributed by atoms with Crippen LogP contribution in [0.3, 0.4) is 0 Å². The number of hydrogen-bond acceptors (Lipinski definition) is 4. The van der Waals surface area contributed by atoms with Gasteiger partial charge in [-0.05, 0) is 109 Å². The zero-order valence-electron chi connectivity index (χ0n) is 21.2. The number of ether oxygens (including phenoxy) is 2. The summed E-state index contributed by atoms with van der Waals surface area (Å²) in [5.74, 6) is 1.65. The molecule has 3 aromatic rings. The second kappa shape index (κ2) is 10.5. The Bertz CT molecular complexity index is 1380. The van der Waals surface area contributed by atoms with E-state index in [1.807, 2.05) is 36.4 Å². The Balaban J connectivity index is 1.17. The van der Waals surface area contributed by atoms with Crippen LogP contribution in [-0.2, 0) is 35.0 Å².